The molecule has 4 heterocycles. The van der Waals surface area contributed by atoms with Gasteiger partial charge in [0.1, 0.15) is 35.3 Å². The predicted octanol–water partition coefficient (Wildman–Crippen LogP) is 6.73. The maximum Gasteiger partial charge on any atom is 0.414 e. The first-order valence-electron chi connectivity index (χ1n) is 27.2. The van der Waals surface area contributed by atoms with Crippen molar-refractivity contribution in [2.45, 2.75) is 66.3 Å². The number of carbonyl (C=O) groups is 4. The average Bonchev–Trinajstić information content (AvgIpc) is 4.06. The van der Waals surface area contributed by atoms with E-state index in [1.807, 2.05) is 65.3 Å². The van der Waals surface area contributed by atoms with Gasteiger partial charge in [-0.1, -0.05) is 71.1 Å². The van der Waals surface area contributed by atoms with Crippen molar-refractivity contribution in [1.82, 2.24) is 24.9 Å². The lowest BCUT2D eigenvalue weighted by atomic mass is 10.2. The van der Waals surface area contributed by atoms with Crippen LogP contribution in [-0.2, 0) is 32.2 Å². The van der Waals surface area contributed by atoms with Crippen molar-refractivity contribution in [3.63, 3.8) is 0 Å². The maximum atomic E-state index is 15.2. The molecule has 4 saturated heterocycles. The van der Waals surface area contributed by atoms with Gasteiger partial charge in [-0.05, 0) is 104 Å². The maximum absolute atomic E-state index is 15.2. The summed E-state index contributed by atoms with van der Waals surface area (Å²) in [6.07, 6.45) is -1.05. The second-order valence-electron chi connectivity index (χ2n) is 19.4. The summed E-state index contributed by atoms with van der Waals surface area (Å²) in [5.74, 6) is 0.299. The summed E-state index contributed by atoms with van der Waals surface area (Å²) in [7, 11) is 0. The first-order chi connectivity index (χ1) is 37.7. The third kappa shape index (κ3) is 15.9. The van der Waals surface area contributed by atoms with E-state index in [1.54, 1.807) is 34.1 Å². The molecule has 4 aliphatic rings. The first kappa shape index (κ1) is 58.9. The molecule has 18 nitrogen and oxygen atoms in total. The number of nitrogens with zero attached hydrogens (tertiary/aromatic N) is 8. The van der Waals surface area contributed by atoms with E-state index in [-0.39, 0.29) is 43.8 Å². The number of nitrogens with one attached hydrogen (secondary N) is 1. The SMILES string of the molecule is CCC(=S)NC[C@H]1CN(c2ccc(N3CCN(C(=O)COc4ccc(CN(CC)CC)cc4)CC3)c(F)c2)C(=O)O1.CCN(CC)Cc1ccc(OCC(=O)N2CCN(c3ccc(N4C[C@H](CN)OC4=O)cc3F)CC2)cc1. The lowest BCUT2D eigenvalue weighted by molar-refractivity contribution is -0.134. The van der Waals surface area contributed by atoms with Crippen molar-refractivity contribution in [3.8, 4) is 11.5 Å². The Morgan fingerprint density at radius 3 is 1.37 bits per heavy atom. The minimum absolute atomic E-state index is 0.0336. The molecule has 78 heavy (non-hydrogen) atoms. The van der Waals surface area contributed by atoms with Gasteiger partial charge < -0.3 is 49.6 Å². The van der Waals surface area contributed by atoms with Crippen molar-refractivity contribution >= 4 is 64.0 Å². The standard InChI is InChI=1S/C30H40FN5O4S.C27H36FN5O4/c1-4-28(41)32-18-25-20-36(30(38)40-25)23-9-12-27(26(31)17-23)34-13-15-35(16-14-34)29(37)21-39-24-10-7-22(8-11-24)19-33(5-2)6-3;1-3-30(4-2)17-20-5-8-22(9-6-20)36-19-26(34)32-13-11-31(12-14-32)25-10-7-21(15-24(25)28)33-18-23(16-29)37-27(33)35/h7-12,17,25H,4-6,13-16,18-21H2,1-3H3,(H,32,41);5-10,15,23H,3-4,11-14,16-19,29H2,1-2H3/t25-;23-/m00/s1. The monoisotopic (exact) mass is 1100 g/mol. The summed E-state index contributed by atoms with van der Waals surface area (Å²) in [5, 5.41) is 3.08. The molecule has 0 aromatic heterocycles. The fraction of sp³-hybridized carbons (Fsp3) is 0.491. The summed E-state index contributed by atoms with van der Waals surface area (Å²) >= 11 is 5.16. The van der Waals surface area contributed by atoms with E-state index >= 15 is 4.39 Å². The molecule has 0 bridgehead atoms. The van der Waals surface area contributed by atoms with Crippen molar-refractivity contribution in [3.05, 3.63) is 108 Å². The zero-order chi connectivity index (χ0) is 55.7. The number of thiocarbonyl (C=S) groups is 1. The van der Waals surface area contributed by atoms with Gasteiger partial charge in [0, 0.05) is 72.0 Å². The summed E-state index contributed by atoms with van der Waals surface area (Å²) in [5.41, 5.74) is 9.77. The number of halogens is 2. The van der Waals surface area contributed by atoms with Crippen LogP contribution in [0.1, 0.15) is 52.2 Å². The fourth-order valence-electron chi connectivity index (χ4n) is 9.55. The molecule has 422 valence electrons. The Morgan fingerprint density at radius 1 is 0.615 bits per heavy atom. The van der Waals surface area contributed by atoms with Crippen molar-refractivity contribution in [1.29, 1.82) is 0 Å². The molecule has 4 amide bonds. The van der Waals surface area contributed by atoms with Crippen LogP contribution >= 0.6 is 12.2 Å². The van der Waals surface area contributed by atoms with Gasteiger partial charge in [-0.3, -0.25) is 29.2 Å². The minimum atomic E-state index is -0.521. The molecule has 0 radical (unpaired) electrons. The largest absolute Gasteiger partial charge is 0.484 e. The number of anilines is 4. The topological polar surface area (TPSA) is 169 Å². The molecule has 3 N–H and O–H groups in total. The van der Waals surface area contributed by atoms with Gasteiger partial charge in [-0.25, -0.2) is 18.4 Å². The van der Waals surface area contributed by atoms with Gasteiger partial charge >= 0.3 is 12.2 Å². The number of hydrogen-bond acceptors (Lipinski definition) is 14. The molecule has 0 saturated carbocycles. The number of piperazine rings is 2. The molecule has 4 aromatic carbocycles. The molecule has 0 spiro atoms. The Labute approximate surface area is 462 Å². The lowest BCUT2D eigenvalue weighted by Gasteiger charge is -2.36. The fourth-order valence-corrected chi connectivity index (χ4v) is 9.63. The minimum Gasteiger partial charge on any atom is -0.484 e. The van der Waals surface area contributed by atoms with Gasteiger partial charge in [0.25, 0.3) is 11.8 Å². The van der Waals surface area contributed by atoms with Crippen LogP contribution in [0.3, 0.4) is 0 Å². The number of hydrogen-bond donors (Lipinski definition) is 2. The Morgan fingerprint density at radius 2 is 1.01 bits per heavy atom. The van der Waals surface area contributed by atoms with Gasteiger partial charge in [0.05, 0.1) is 47.4 Å². The highest BCUT2D eigenvalue weighted by Crippen LogP contribution is 2.31. The lowest BCUT2D eigenvalue weighted by Crippen LogP contribution is -2.50. The van der Waals surface area contributed by atoms with E-state index in [0.29, 0.717) is 118 Å². The van der Waals surface area contributed by atoms with Gasteiger partial charge in [0.15, 0.2) is 13.2 Å². The second kappa shape index (κ2) is 28.7. The number of cyclic esters (lactones) is 2. The van der Waals surface area contributed by atoms with Crippen molar-refractivity contribution < 1.29 is 46.9 Å². The van der Waals surface area contributed by atoms with Crippen LogP contribution < -0.4 is 40.1 Å². The van der Waals surface area contributed by atoms with E-state index in [1.165, 1.54) is 33.1 Å². The molecule has 21 heteroatoms. The number of carbonyl (C=O) groups excluding carboxylic acids is 4. The molecular formula is C57H76F2N10O8S. The Bertz CT molecular complexity index is 2630. The Balaban J connectivity index is 0.000000227. The highest BCUT2D eigenvalue weighted by Gasteiger charge is 2.34. The van der Waals surface area contributed by atoms with E-state index in [9.17, 15) is 23.6 Å². The Kier molecular flexibility index (Phi) is 21.7. The normalized spacial score (nSPS) is 17.5. The van der Waals surface area contributed by atoms with Crippen LogP contribution in [0.2, 0.25) is 0 Å². The molecule has 4 aromatic rings. The van der Waals surface area contributed by atoms with Gasteiger partial charge in [-0.15, -0.1) is 0 Å². The van der Waals surface area contributed by atoms with E-state index < -0.39 is 23.8 Å². The number of ether oxygens (including phenoxy) is 4. The summed E-state index contributed by atoms with van der Waals surface area (Å²) < 4.78 is 52.1. The molecule has 8 rings (SSSR count). The molecule has 0 unspecified atom stereocenters. The van der Waals surface area contributed by atoms with Crippen LogP contribution in [0, 0.1) is 11.6 Å². The smallest absolute Gasteiger partial charge is 0.414 e. The average molecular weight is 1100 g/mol. The predicted molar refractivity (Wildman–Crippen MR) is 303 cm³/mol. The summed E-state index contributed by atoms with van der Waals surface area (Å²) in [6.45, 7) is 21.4. The summed E-state index contributed by atoms with van der Waals surface area (Å²) in [6, 6.07) is 25.2. The van der Waals surface area contributed by atoms with Crippen molar-refractivity contribution in [2.75, 3.05) is 138 Å². The van der Waals surface area contributed by atoms with Crippen LogP contribution in [0.15, 0.2) is 84.9 Å². The van der Waals surface area contributed by atoms with Crippen LogP contribution in [0.25, 0.3) is 0 Å². The third-order valence-corrected chi connectivity index (χ3v) is 14.9. The highest BCUT2D eigenvalue weighted by atomic mass is 32.1. The zero-order valence-electron chi connectivity index (χ0n) is 45.7. The van der Waals surface area contributed by atoms with Crippen molar-refractivity contribution in [2.24, 2.45) is 5.73 Å². The van der Waals surface area contributed by atoms with Crippen LogP contribution in [0.4, 0.5) is 41.1 Å². The van der Waals surface area contributed by atoms with E-state index in [2.05, 4.69) is 42.8 Å². The first-order valence-corrected chi connectivity index (χ1v) is 27.6. The quantitative estimate of drug-likeness (QED) is 0.0795. The molecule has 4 aliphatic heterocycles. The number of amides is 4. The van der Waals surface area contributed by atoms with Gasteiger partial charge in [0.2, 0.25) is 0 Å². The number of nitrogens with two attached hydrogens (primary N) is 1. The second-order valence-corrected chi connectivity index (χ2v) is 19.9. The molecule has 0 aliphatic carbocycles. The molecule has 4 fully saturated rings. The third-order valence-electron chi connectivity index (χ3n) is 14.5. The molecular weight excluding hydrogens is 1020 g/mol. The molecule has 2 atom stereocenters. The Hall–Kier alpha value is -6.81. The number of benzene rings is 4. The van der Waals surface area contributed by atoms with Gasteiger partial charge in [-0.2, -0.15) is 0 Å². The van der Waals surface area contributed by atoms with E-state index in [4.69, 9.17) is 36.9 Å². The zero-order valence-corrected chi connectivity index (χ0v) is 46.5. The van der Waals surface area contributed by atoms with Crippen LogP contribution in [0.5, 0.6) is 11.5 Å². The van der Waals surface area contributed by atoms with Crippen LogP contribution in [-0.4, -0.2) is 179 Å². The highest BCUT2D eigenvalue weighted by molar-refractivity contribution is 7.80. The number of rotatable bonds is 22. The van der Waals surface area contributed by atoms with E-state index in [0.717, 1.165) is 39.3 Å². The summed E-state index contributed by atoms with van der Waals surface area (Å²) in [4.78, 5) is 65.4.